The average Bonchev–Trinajstić information content (AvgIpc) is 2.64. The maximum Gasteiger partial charge on any atom is 0.338 e. The van der Waals surface area contributed by atoms with Crippen molar-refractivity contribution in [3.05, 3.63) is 71.8 Å². The third-order valence-electron chi connectivity index (χ3n) is 4.18. The van der Waals surface area contributed by atoms with Crippen LogP contribution in [0.1, 0.15) is 46.4 Å². The highest BCUT2D eigenvalue weighted by Crippen LogP contribution is 2.25. The first-order valence-electron chi connectivity index (χ1n) is 8.26. The zero-order valence-electron chi connectivity index (χ0n) is 13.4. The number of carbonyl (C=O) groups excluding carboxylic acids is 2. The lowest BCUT2D eigenvalue weighted by Crippen LogP contribution is -2.37. The van der Waals surface area contributed by atoms with Gasteiger partial charge >= 0.3 is 11.9 Å². The molecule has 124 valence electrons. The Morgan fingerprint density at radius 1 is 0.667 bits per heavy atom. The molecule has 24 heavy (non-hydrogen) atoms. The molecule has 0 heterocycles. The first kappa shape index (κ1) is 16.2. The summed E-state index contributed by atoms with van der Waals surface area (Å²) in [6.45, 7) is 0. The molecule has 0 spiro atoms. The second-order valence-electron chi connectivity index (χ2n) is 5.90. The van der Waals surface area contributed by atoms with Crippen molar-refractivity contribution in [2.45, 2.75) is 37.9 Å². The number of rotatable bonds is 4. The Bertz CT molecular complexity index is 620. The molecule has 0 bridgehead atoms. The molecule has 0 aromatic heterocycles. The van der Waals surface area contributed by atoms with Crippen LogP contribution in [0.2, 0.25) is 0 Å². The predicted octanol–water partition coefficient (Wildman–Crippen LogP) is 4.01. The van der Waals surface area contributed by atoms with Crippen LogP contribution in [0, 0.1) is 0 Å². The molecule has 2 atom stereocenters. The van der Waals surface area contributed by atoms with Crippen LogP contribution in [0.5, 0.6) is 0 Å². The van der Waals surface area contributed by atoms with Gasteiger partial charge < -0.3 is 9.47 Å². The summed E-state index contributed by atoms with van der Waals surface area (Å²) in [6, 6.07) is 17.8. The fraction of sp³-hybridized carbons (Fsp3) is 0.300. The molecule has 1 aliphatic rings. The van der Waals surface area contributed by atoms with E-state index in [1.54, 1.807) is 48.5 Å². The summed E-state index contributed by atoms with van der Waals surface area (Å²) in [5.41, 5.74) is 1.02. The summed E-state index contributed by atoms with van der Waals surface area (Å²) < 4.78 is 11.2. The van der Waals surface area contributed by atoms with Crippen molar-refractivity contribution >= 4 is 11.9 Å². The Kier molecular flexibility index (Phi) is 5.26. The predicted molar refractivity (Wildman–Crippen MR) is 89.8 cm³/mol. The Morgan fingerprint density at radius 3 is 1.42 bits per heavy atom. The highest BCUT2D eigenvalue weighted by molar-refractivity contribution is 5.90. The standard InChI is InChI=1S/C20H20O4/c21-19(15-9-3-1-4-10-15)23-17-13-7-8-14-18(17)24-20(22)16-11-5-2-6-12-16/h1-6,9-12,17-18H,7-8,13-14H2/t17-,18+. The third-order valence-corrected chi connectivity index (χ3v) is 4.18. The molecule has 3 rings (SSSR count). The normalized spacial score (nSPS) is 20.2. The highest BCUT2D eigenvalue weighted by Gasteiger charge is 2.32. The van der Waals surface area contributed by atoms with Gasteiger partial charge in [-0.25, -0.2) is 9.59 Å². The van der Waals surface area contributed by atoms with Crippen molar-refractivity contribution in [3.63, 3.8) is 0 Å². The van der Waals surface area contributed by atoms with E-state index in [1.807, 2.05) is 12.1 Å². The van der Waals surface area contributed by atoms with Crippen LogP contribution in [-0.2, 0) is 9.47 Å². The summed E-state index contributed by atoms with van der Waals surface area (Å²) in [7, 11) is 0. The van der Waals surface area contributed by atoms with Gasteiger partial charge in [0.25, 0.3) is 0 Å². The molecule has 0 radical (unpaired) electrons. The lowest BCUT2D eigenvalue weighted by atomic mass is 9.94. The van der Waals surface area contributed by atoms with Gasteiger partial charge in [-0.3, -0.25) is 0 Å². The zero-order valence-corrected chi connectivity index (χ0v) is 13.4. The molecule has 0 aliphatic heterocycles. The van der Waals surface area contributed by atoms with Gasteiger partial charge in [-0.1, -0.05) is 36.4 Å². The number of hydrogen-bond donors (Lipinski definition) is 0. The van der Waals surface area contributed by atoms with Crippen molar-refractivity contribution in [1.82, 2.24) is 0 Å². The van der Waals surface area contributed by atoms with Gasteiger partial charge in [0.1, 0.15) is 12.2 Å². The van der Waals surface area contributed by atoms with Crippen molar-refractivity contribution in [1.29, 1.82) is 0 Å². The summed E-state index contributed by atoms with van der Waals surface area (Å²) in [5, 5.41) is 0. The monoisotopic (exact) mass is 324 g/mol. The molecular weight excluding hydrogens is 304 g/mol. The Morgan fingerprint density at radius 2 is 1.04 bits per heavy atom. The smallest absolute Gasteiger partial charge is 0.338 e. The van der Waals surface area contributed by atoms with Crippen molar-refractivity contribution in [2.24, 2.45) is 0 Å². The molecule has 4 nitrogen and oxygen atoms in total. The third kappa shape index (κ3) is 4.02. The van der Waals surface area contributed by atoms with Gasteiger partial charge in [-0.15, -0.1) is 0 Å². The Hall–Kier alpha value is -2.62. The average molecular weight is 324 g/mol. The van der Waals surface area contributed by atoms with E-state index in [9.17, 15) is 9.59 Å². The van der Waals surface area contributed by atoms with Crippen molar-refractivity contribution in [2.75, 3.05) is 0 Å². The van der Waals surface area contributed by atoms with Gasteiger partial charge in [0.2, 0.25) is 0 Å². The minimum Gasteiger partial charge on any atom is -0.455 e. The first-order chi connectivity index (χ1) is 11.7. The molecule has 0 N–H and O–H groups in total. The molecule has 2 aromatic rings. The van der Waals surface area contributed by atoms with E-state index in [4.69, 9.17) is 9.47 Å². The molecule has 0 amide bonds. The molecule has 1 aliphatic carbocycles. The summed E-state index contributed by atoms with van der Waals surface area (Å²) in [4.78, 5) is 24.5. The van der Waals surface area contributed by atoms with E-state index in [0.717, 1.165) is 12.8 Å². The van der Waals surface area contributed by atoms with Gasteiger partial charge in [0, 0.05) is 0 Å². The van der Waals surface area contributed by atoms with Gasteiger partial charge in [0.05, 0.1) is 11.1 Å². The maximum atomic E-state index is 12.3. The molecule has 2 aromatic carbocycles. The molecule has 1 saturated carbocycles. The number of benzene rings is 2. The number of hydrogen-bond acceptors (Lipinski definition) is 4. The Balaban J connectivity index is 1.65. The van der Waals surface area contributed by atoms with Gasteiger partial charge in [-0.2, -0.15) is 0 Å². The first-order valence-corrected chi connectivity index (χ1v) is 8.26. The van der Waals surface area contributed by atoms with Crippen LogP contribution >= 0.6 is 0 Å². The zero-order chi connectivity index (χ0) is 16.8. The van der Waals surface area contributed by atoms with E-state index in [1.165, 1.54) is 0 Å². The van der Waals surface area contributed by atoms with E-state index >= 15 is 0 Å². The quantitative estimate of drug-likeness (QED) is 0.797. The molecule has 0 saturated heterocycles. The van der Waals surface area contributed by atoms with Crippen molar-refractivity contribution < 1.29 is 19.1 Å². The number of carbonyl (C=O) groups is 2. The lowest BCUT2D eigenvalue weighted by molar-refractivity contribution is -0.0514. The fourth-order valence-corrected chi connectivity index (χ4v) is 2.89. The van der Waals surface area contributed by atoms with Gasteiger partial charge in [0.15, 0.2) is 0 Å². The van der Waals surface area contributed by atoms with Crippen LogP contribution in [0.3, 0.4) is 0 Å². The minimum absolute atomic E-state index is 0.372. The van der Waals surface area contributed by atoms with E-state index < -0.39 is 0 Å². The topological polar surface area (TPSA) is 52.6 Å². The summed E-state index contributed by atoms with van der Waals surface area (Å²) >= 11 is 0. The van der Waals surface area contributed by atoms with Crippen molar-refractivity contribution in [3.8, 4) is 0 Å². The largest absolute Gasteiger partial charge is 0.455 e. The molecule has 0 unspecified atom stereocenters. The number of ether oxygens (including phenoxy) is 2. The molecule has 1 fully saturated rings. The summed E-state index contributed by atoms with van der Waals surface area (Å²) in [6.07, 6.45) is 2.58. The highest BCUT2D eigenvalue weighted by atomic mass is 16.6. The van der Waals surface area contributed by atoms with Gasteiger partial charge in [-0.05, 0) is 49.9 Å². The summed E-state index contributed by atoms with van der Waals surface area (Å²) in [5.74, 6) is -0.744. The van der Waals surface area contributed by atoms with Crippen LogP contribution in [-0.4, -0.2) is 24.1 Å². The van der Waals surface area contributed by atoms with Crippen LogP contribution < -0.4 is 0 Å². The van der Waals surface area contributed by atoms with E-state index in [2.05, 4.69) is 0 Å². The van der Waals surface area contributed by atoms with Crippen LogP contribution in [0.25, 0.3) is 0 Å². The lowest BCUT2D eigenvalue weighted by Gasteiger charge is -2.30. The van der Waals surface area contributed by atoms with Crippen LogP contribution in [0.15, 0.2) is 60.7 Å². The second kappa shape index (κ2) is 7.77. The fourth-order valence-electron chi connectivity index (χ4n) is 2.89. The van der Waals surface area contributed by atoms with E-state index in [0.29, 0.717) is 24.0 Å². The molecular formula is C20H20O4. The molecule has 4 heteroatoms. The second-order valence-corrected chi connectivity index (χ2v) is 5.90. The minimum atomic E-state index is -0.390. The maximum absolute atomic E-state index is 12.3. The SMILES string of the molecule is O=C(O[C@H]1CCCC[C@H]1OC(=O)c1ccccc1)c1ccccc1. The van der Waals surface area contributed by atoms with Crippen LogP contribution in [0.4, 0.5) is 0 Å². The number of esters is 2. The Labute approximate surface area is 141 Å². The van der Waals surface area contributed by atoms with E-state index in [-0.39, 0.29) is 24.1 Å².